The largest absolute Gasteiger partial charge is 0.455 e. The van der Waals surface area contributed by atoms with E-state index in [0.29, 0.717) is 29.1 Å². The van der Waals surface area contributed by atoms with E-state index < -0.39 is 0 Å². The van der Waals surface area contributed by atoms with Crippen molar-refractivity contribution in [3.05, 3.63) is 35.4 Å². The third-order valence-electron chi connectivity index (χ3n) is 4.06. The predicted molar refractivity (Wildman–Crippen MR) is 105 cm³/mol. The van der Waals surface area contributed by atoms with Crippen LogP contribution in [-0.2, 0) is 10.5 Å². The van der Waals surface area contributed by atoms with E-state index in [4.69, 9.17) is 9.15 Å². The fraction of sp³-hybridized carbons (Fsp3) is 0.526. The van der Waals surface area contributed by atoms with Gasteiger partial charge in [0, 0.05) is 31.4 Å². The molecule has 0 unspecified atom stereocenters. The van der Waals surface area contributed by atoms with Gasteiger partial charge in [-0.1, -0.05) is 25.6 Å². The Morgan fingerprint density at radius 3 is 2.81 bits per heavy atom. The summed E-state index contributed by atoms with van der Waals surface area (Å²) >= 11 is 1.50. The molecule has 1 aliphatic rings. The van der Waals surface area contributed by atoms with Crippen LogP contribution in [0.1, 0.15) is 35.9 Å². The second kappa shape index (κ2) is 9.23. The van der Waals surface area contributed by atoms with E-state index in [-0.39, 0.29) is 5.91 Å². The zero-order valence-corrected chi connectivity index (χ0v) is 16.8. The van der Waals surface area contributed by atoms with Gasteiger partial charge in [-0.2, -0.15) is 0 Å². The van der Waals surface area contributed by atoms with Gasteiger partial charge in [0.1, 0.15) is 11.6 Å². The van der Waals surface area contributed by atoms with E-state index in [1.54, 1.807) is 6.07 Å². The molecular formula is C19H26N4O3S. The minimum Gasteiger partial charge on any atom is -0.455 e. The Labute approximate surface area is 163 Å². The monoisotopic (exact) mass is 390 g/mol. The molecule has 8 heteroatoms. The van der Waals surface area contributed by atoms with E-state index in [9.17, 15) is 4.79 Å². The van der Waals surface area contributed by atoms with Gasteiger partial charge >= 0.3 is 0 Å². The number of nitrogens with zero attached hydrogens (tertiary/aromatic N) is 3. The second-order valence-electron chi connectivity index (χ2n) is 6.91. The third-order valence-corrected chi connectivity index (χ3v) is 4.92. The zero-order valence-electron chi connectivity index (χ0n) is 16.0. The summed E-state index contributed by atoms with van der Waals surface area (Å²) in [5.74, 6) is 2.79. The van der Waals surface area contributed by atoms with E-state index in [1.807, 2.05) is 19.1 Å². The summed E-state index contributed by atoms with van der Waals surface area (Å²) in [5, 5.41) is 3.56. The number of aromatic nitrogens is 2. The summed E-state index contributed by atoms with van der Waals surface area (Å²) in [6.07, 6.45) is 0. The number of anilines is 1. The quantitative estimate of drug-likeness (QED) is 0.575. The van der Waals surface area contributed by atoms with Gasteiger partial charge in [0.05, 0.1) is 19.0 Å². The molecule has 27 heavy (non-hydrogen) atoms. The molecule has 0 radical (unpaired) electrons. The van der Waals surface area contributed by atoms with Crippen molar-refractivity contribution in [2.45, 2.75) is 31.7 Å². The first-order valence-electron chi connectivity index (χ1n) is 9.19. The average Bonchev–Trinajstić information content (AvgIpc) is 3.14. The highest BCUT2D eigenvalue weighted by atomic mass is 32.2. The number of hydrogen-bond acceptors (Lipinski definition) is 7. The van der Waals surface area contributed by atoms with Crippen LogP contribution >= 0.6 is 11.8 Å². The first-order chi connectivity index (χ1) is 13.0. The molecule has 0 saturated carbocycles. The van der Waals surface area contributed by atoms with Crippen LogP contribution in [0.25, 0.3) is 0 Å². The number of amides is 1. The minimum absolute atomic E-state index is 0.179. The normalized spacial score (nSPS) is 14.6. The second-order valence-corrected chi connectivity index (χ2v) is 7.85. The molecular weight excluding hydrogens is 364 g/mol. The Bertz CT molecular complexity index is 772. The lowest BCUT2D eigenvalue weighted by molar-refractivity contribution is 0.0920. The molecule has 7 nitrogen and oxygen atoms in total. The highest BCUT2D eigenvalue weighted by Gasteiger charge is 2.15. The number of ether oxygens (including phenoxy) is 1. The van der Waals surface area contributed by atoms with E-state index in [1.165, 1.54) is 11.8 Å². The number of nitrogens with one attached hydrogen (secondary N) is 1. The van der Waals surface area contributed by atoms with Crippen molar-refractivity contribution in [2.75, 3.05) is 37.7 Å². The summed E-state index contributed by atoms with van der Waals surface area (Å²) < 4.78 is 11.1. The topological polar surface area (TPSA) is 80.5 Å². The fourth-order valence-electron chi connectivity index (χ4n) is 2.64. The smallest absolute Gasteiger partial charge is 0.287 e. The number of carbonyl (C=O) groups is 1. The first kappa shape index (κ1) is 19.7. The maximum absolute atomic E-state index is 12.0. The molecule has 146 valence electrons. The maximum atomic E-state index is 12.0. The van der Waals surface area contributed by atoms with Crippen molar-refractivity contribution in [1.82, 2.24) is 15.3 Å². The number of thioether (sulfide) groups is 1. The molecule has 0 spiro atoms. The summed E-state index contributed by atoms with van der Waals surface area (Å²) in [5.41, 5.74) is 0.933. The molecule has 0 bridgehead atoms. The molecule has 0 atom stereocenters. The van der Waals surface area contributed by atoms with Gasteiger partial charge in [-0.05, 0) is 25.0 Å². The SMILES string of the molecule is Cc1cc(N2CCOCC2)nc(SCc2ccc(C(=O)NCC(C)C)o2)n1. The van der Waals surface area contributed by atoms with Gasteiger partial charge in [0.25, 0.3) is 5.91 Å². The van der Waals surface area contributed by atoms with Gasteiger partial charge in [0.2, 0.25) is 0 Å². The van der Waals surface area contributed by atoms with E-state index in [0.717, 1.165) is 43.6 Å². The third kappa shape index (κ3) is 5.71. The molecule has 1 fully saturated rings. The van der Waals surface area contributed by atoms with Crippen LogP contribution < -0.4 is 10.2 Å². The Hall–Kier alpha value is -2.06. The van der Waals surface area contributed by atoms with Gasteiger partial charge < -0.3 is 19.4 Å². The molecule has 0 aliphatic carbocycles. The summed E-state index contributed by atoms with van der Waals surface area (Å²) in [6.45, 7) is 9.83. The molecule has 1 N–H and O–H groups in total. The summed E-state index contributed by atoms with van der Waals surface area (Å²) in [7, 11) is 0. The molecule has 2 aromatic heterocycles. The van der Waals surface area contributed by atoms with Crippen LogP contribution in [0, 0.1) is 12.8 Å². The van der Waals surface area contributed by atoms with Crippen molar-refractivity contribution in [2.24, 2.45) is 5.92 Å². The van der Waals surface area contributed by atoms with Crippen LogP contribution in [0.3, 0.4) is 0 Å². The fourth-order valence-corrected chi connectivity index (χ4v) is 3.43. The minimum atomic E-state index is -0.179. The Kier molecular flexibility index (Phi) is 6.73. The Morgan fingerprint density at radius 2 is 2.07 bits per heavy atom. The number of aryl methyl sites for hydroxylation is 1. The number of hydrogen-bond donors (Lipinski definition) is 1. The van der Waals surface area contributed by atoms with Crippen LogP contribution in [0.15, 0.2) is 27.8 Å². The molecule has 1 aliphatic heterocycles. The maximum Gasteiger partial charge on any atom is 0.287 e. The molecule has 3 rings (SSSR count). The number of morpholine rings is 1. The van der Waals surface area contributed by atoms with Crippen molar-refractivity contribution in [3.8, 4) is 0 Å². The van der Waals surface area contributed by atoms with Gasteiger partial charge in [-0.3, -0.25) is 4.79 Å². The number of carbonyl (C=O) groups excluding carboxylic acids is 1. The lowest BCUT2D eigenvalue weighted by Gasteiger charge is -2.28. The van der Waals surface area contributed by atoms with Gasteiger partial charge in [-0.25, -0.2) is 9.97 Å². The highest BCUT2D eigenvalue weighted by Crippen LogP contribution is 2.24. The van der Waals surface area contributed by atoms with Crippen LogP contribution in [0.2, 0.25) is 0 Å². The molecule has 1 saturated heterocycles. The standard InChI is InChI=1S/C19H26N4O3S/c1-13(2)11-20-18(24)16-5-4-15(26-16)12-27-19-21-14(3)10-17(22-19)23-6-8-25-9-7-23/h4-5,10,13H,6-9,11-12H2,1-3H3,(H,20,24). The van der Waals surface area contributed by atoms with Crippen molar-refractivity contribution in [3.63, 3.8) is 0 Å². The molecule has 1 amide bonds. The van der Waals surface area contributed by atoms with Crippen LogP contribution in [0.5, 0.6) is 0 Å². The molecule has 0 aromatic carbocycles. The number of rotatable bonds is 7. The zero-order chi connectivity index (χ0) is 19.2. The molecule has 3 heterocycles. The van der Waals surface area contributed by atoms with E-state index in [2.05, 4.69) is 34.0 Å². The lowest BCUT2D eigenvalue weighted by Crippen LogP contribution is -2.36. The lowest BCUT2D eigenvalue weighted by atomic mass is 10.2. The van der Waals surface area contributed by atoms with Crippen LogP contribution in [-0.4, -0.2) is 48.7 Å². The van der Waals surface area contributed by atoms with Crippen LogP contribution in [0.4, 0.5) is 5.82 Å². The summed E-state index contributed by atoms with van der Waals surface area (Å²) in [6, 6.07) is 5.54. The Morgan fingerprint density at radius 1 is 1.30 bits per heavy atom. The van der Waals surface area contributed by atoms with Crippen molar-refractivity contribution in [1.29, 1.82) is 0 Å². The van der Waals surface area contributed by atoms with Gasteiger partial charge in [0.15, 0.2) is 10.9 Å². The average molecular weight is 391 g/mol. The Balaban J connectivity index is 1.60. The van der Waals surface area contributed by atoms with E-state index >= 15 is 0 Å². The number of furan rings is 1. The van der Waals surface area contributed by atoms with Gasteiger partial charge in [-0.15, -0.1) is 0 Å². The predicted octanol–water partition coefficient (Wildman–Crippen LogP) is 2.89. The van der Waals surface area contributed by atoms with Crippen molar-refractivity contribution < 1.29 is 13.9 Å². The highest BCUT2D eigenvalue weighted by molar-refractivity contribution is 7.98. The summed E-state index contributed by atoms with van der Waals surface area (Å²) in [4.78, 5) is 23.4. The molecule has 2 aromatic rings. The van der Waals surface area contributed by atoms with Crippen molar-refractivity contribution >= 4 is 23.5 Å². The first-order valence-corrected chi connectivity index (χ1v) is 10.2.